The lowest BCUT2D eigenvalue weighted by Crippen LogP contribution is -2.82. The molecule has 1 aliphatic heterocycles. The highest BCUT2D eigenvalue weighted by Gasteiger charge is 2.91. The normalized spacial score (nSPS) is 60.9. The van der Waals surface area contributed by atoms with Crippen molar-refractivity contribution in [3.8, 4) is 0 Å². The Kier molecular flexibility index (Phi) is 4.99. The summed E-state index contributed by atoms with van der Waals surface area (Å²) in [5.41, 5.74) is -3.82. The summed E-state index contributed by atoms with van der Waals surface area (Å²) < 4.78 is 24.0. The lowest BCUT2D eigenvalue weighted by atomic mass is 9.42. The van der Waals surface area contributed by atoms with Crippen LogP contribution in [0.1, 0.15) is 32.6 Å². The fourth-order valence-electron chi connectivity index (χ4n) is 11.0. The molecule has 188 valence electrons. The second kappa shape index (κ2) is 7.13. The van der Waals surface area contributed by atoms with Crippen LogP contribution in [0, 0.1) is 34.5 Å². The number of aliphatic hydroxyl groups excluding tert-OH is 1. The fraction of sp³-hybridized carbons (Fsp3) is 1.00. The minimum Gasteiger partial charge on any atom is -0.392 e. The Labute approximate surface area is 196 Å². The van der Waals surface area contributed by atoms with Crippen molar-refractivity contribution in [3.05, 3.63) is 0 Å². The second-order valence-corrected chi connectivity index (χ2v) is 11.9. The van der Waals surface area contributed by atoms with E-state index >= 15 is 0 Å². The van der Waals surface area contributed by atoms with E-state index in [9.17, 15) is 15.3 Å². The molecule has 1 saturated heterocycles. The first kappa shape index (κ1) is 23.1. The number of methoxy groups -OCH3 is 4. The molecule has 33 heavy (non-hydrogen) atoms. The van der Waals surface area contributed by atoms with Gasteiger partial charge in [-0.25, -0.2) is 0 Å². The van der Waals surface area contributed by atoms with E-state index in [-0.39, 0.29) is 47.3 Å². The molecule has 0 aromatic heterocycles. The zero-order valence-electron chi connectivity index (χ0n) is 20.6. The summed E-state index contributed by atoms with van der Waals surface area (Å²) in [6.45, 7) is 4.18. The summed E-state index contributed by atoms with van der Waals surface area (Å²) in [6, 6.07) is -0.386. The molecule has 6 rings (SSSR count). The van der Waals surface area contributed by atoms with Crippen LogP contribution in [0.4, 0.5) is 0 Å². The lowest BCUT2D eigenvalue weighted by molar-refractivity contribution is -0.318. The summed E-state index contributed by atoms with van der Waals surface area (Å²) >= 11 is 0. The van der Waals surface area contributed by atoms with Crippen molar-refractivity contribution < 1.29 is 34.3 Å². The molecule has 6 fully saturated rings. The molecule has 8 heteroatoms. The van der Waals surface area contributed by atoms with Gasteiger partial charge in [-0.05, 0) is 31.7 Å². The minimum atomic E-state index is -1.55. The van der Waals surface area contributed by atoms with Gasteiger partial charge in [-0.1, -0.05) is 6.92 Å². The first-order valence-corrected chi connectivity index (χ1v) is 12.7. The number of piperidine rings is 1. The maximum absolute atomic E-state index is 12.9. The van der Waals surface area contributed by atoms with Gasteiger partial charge in [0.05, 0.1) is 37.1 Å². The van der Waals surface area contributed by atoms with E-state index in [1.165, 1.54) is 0 Å². The number of likely N-dealkylation sites (N-methyl/N-ethyl adjacent to an activating group) is 1. The first-order chi connectivity index (χ1) is 15.8. The topological polar surface area (TPSA) is 101 Å². The standard InChI is InChI=1S/C25H41NO7/c1-6-26-11-22(12-30-2)8-7-16(27)24-14-9-13-15(31-3)10-23(28,17(14)18(13)32-4)25(29,21(24)26)20(33-5)19(22)24/h13-21,27-29H,6-12H2,1-5H3/t13-,14?,15+,16-,17?,18?,19?,20?,21-,22-,23+,24+,25-/m1/s1. The van der Waals surface area contributed by atoms with Gasteiger partial charge in [0.2, 0.25) is 0 Å². The van der Waals surface area contributed by atoms with E-state index in [0.717, 1.165) is 25.9 Å². The molecule has 5 unspecified atom stereocenters. The van der Waals surface area contributed by atoms with Gasteiger partial charge in [-0.2, -0.15) is 0 Å². The molecule has 1 spiro atoms. The number of likely N-dealkylation sites (tertiary alicyclic amines) is 1. The van der Waals surface area contributed by atoms with E-state index in [1.54, 1.807) is 28.4 Å². The SMILES string of the molecule is CCN1C[C@@]2(COC)CC[C@@H](O)[C@@]34C5C[C@H]6C(OC)C5[C@@](O)(C[C@@H]6OC)[C@@](O)(C(OC)C23)[C@H]14. The molecule has 7 bridgehead atoms. The van der Waals surface area contributed by atoms with Crippen molar-refractivity contribution in [2.24, 2.45) is 34.5 Å². The predicted molar refractivity (Wildman–Crippen MR) is 119 cm³/mol. The van der Waals surface area contributed by atoms with Crippen LogP contribution < -0.4 is 0 Å². The molecule has 3 N–H and O–H groups in total. The van der Waals surface area contributed by atoms with Gasteiger partial charge < -0.3 is 34.3 Å². The Balaban J connectivity index is 1.67. The van der Waals surface area contributed by atoms with E-state index < -0.39 is 28.8 Å². The van der Waals surface area contributed by atoms with Crippen molar-refractivity contribution in [1.29, 1.82) is 0 Å². The molecular formula is C25H41NO7. The monoisotopic (exact) mass is 467 g/mol. The van der Waals surface area contributed by atoms with Crippen LogP contribution in [0.5, 0.6) is 0 Å². The number of ether oxygens (including phenoxy) is 4. The molecule has 0 amide bonds. The summed E-state index contributed by atoms with van der Waals surface area (Å²) in [5, 5.41) is 37.6. The fourth-order valence-corrected chi connectivity index (χ4v) is 11.0. The Morgan fingerprint density at radius 1 is 1.06 bits per heavy atom. The van der Waals surface area contributed by atoms with Crippen LogP contribution >= 0.6 is 0 Å². The van der Waals surface area contributed by atoms with Crippen LogP contribution in [-0.2, 0) is 18.9 Å². The smallest absolute Gasteiger partial charge is 0.136 e. The van der Waals surface area contributed by atoms with Gasteiger partial charge in [-0.15, -0.1) is 0 Å². The van der Waals surface area contributed by atoms with Gasteiger partial charge >= 0.3 is 0 Å². The van der Waals surface area contributed by atoms with Crippen LogP contribution in [0.25, 0.3) is 0 Å². The molecule has 8 nitrogen and oxygen atoms in total. The molecule has 5 aliphatic carbocycles. The van der Waals surface area contributed by atoms with Crippen LogP contribution in [0.15, 0.2) is 0 Å². The quantitative estimate of drug-likeness (QED) is 0.512. The van der Waals surface area contributed by atoms with Gasteiger partial charge in [0.1, 0.15) is 11.2 Å². The highest BCUT2D eigenvalue weighted by molar-refractivity contribution is 5.41. The Morgan fingerprint density at radius 3 is 2.42 bits per heavy atom. The van der Waals surface area contributed by atoms with Crippen LogP contribution in [0.3, 0.4) is 0 Å². The van der Waals surface area contributed by atoms with E-state index in [4.69, 9.17) is 18.9 Å². The third-order valence-electron chi connectivity index (χ3n) is 11.5. The minimum absolute atomic E-state index is 0.00825. The molecule has 1 heterocycles. The highest BCUT2D eigenvalue weighted by Crippen LogP contribution is 2.80. The zero-order chi connectivity index (χ0) is 23.6. The first-order valence-electron chi connectivity index (χ1n) is 12.7. The zero-order valence-corrected chi connectivity index (χ0v) is 20.6. The van der Waals surface area contributed by atoms with Crippen LogP contribution in [0.2, 0.25) is 0 Å². The molecule has 0 radical (unpaired) electrons. The van der Waals surface area contributed by atoms with Crippen molar-refractivity contribution in [3.63, 3.8) is 0 Å². The Morgan fingerprint density at radius 2 is 1.82 bits per heavy atom. The van der Waals surface area contributed by atoms with Gasteiger partial charge in [-0.3, -0.25) is 4.90 Å². The third-order valence-corrected chi connectivity index (χ3v) is 11.5. The van der Waals surface area contributed by atoms with E-state index in [0.29, 0.717) is 19.4 Å². The average molecular weight is 468 g/mol. The van der Waals surface area contributed by atoms with Crippen molar-refractivity contribution in [2.75, 3.05) is 48.1 Å². The van der Waals surface area contributed by atoms with Gasteiger partial charge in [0.25, 0.3) is 0 Å². The van der Waals surface area contributed by atoms with E-state index in [1.807, 2.05) is 0 Å². The van der Waals surface area contributed by atoms with Crippen molar-refractivity contribution in [2.45, 2.75) is 74.3 Å². The predicted octanol–water partition coefficient (Wildman–Crippen LogP) is 0.271. The largest absolute Gasteiger partial charge is 0.392 e. The Hall–Kier alpha value is -0.320. The summed E-state index contributed by atoms with van der Waals surface area (Å²) in [4.78, 5) is 2.33. The number of hydrogen-bond donors (Lipinski definition) is 3. The number of fused-ring (bicyclic) bond motifs is 2. The third kappa shape index (κ3) is 2.20. The molecular weight excluding hydrogens is 426 g/mol. The van der Waals surface area contributed by atoms with Crippen molar-refractivity contribution >= 4 is 0 Å². The number of hydrogen-bond acceptors (Lipinski definition) is 8. The van der Waals surface area contributed by atoms with E-state index in [2.05, 4.69) is 11.8 Å². The van der Waals surface area contributed by atoms with Gasteiger partial charge in [0.15, 0.2) is 0 Å². The molecule has 6 aliphatic rings. The maximum Gasteiger partial charge on any atom is 0.136 e. The summed E-state index contributed by atoms with van der Waals surface area (Å²) in [7, 11) is 6.79. The highest BCUT2D eigenvalue weighted by atomic mass is 16.5. The van der Waals surface area contributed by atoms with Crippen molar-refractivity contribution in [1.82, 2.24) is 4.90 Å². The molecule has 5 saturated carbocycles. The maximum atomic E-state index is 12.9. The lowest BCUT2D eigenvalue weighted by Gasteiger charge is -2.69. The second-order valence-electron chi connectivity index (χ2n) is 11.9. The van der Waals surface area contributed by atoms with Gasteiger partial charge in [0, 0.05) is 70.0 Å². The molecule has 0 aromatic rings. The molecule has 13 atom stereocenters. The average Bonchev–Trinajstić information content (AvgIpc) is 3.22. The number of nitrogens with zero attached hydrogens (tertiary/aromatic N) is 1. The Bertz CT molecular complexity index is 814. The number of aliphatic hydroxyl groups is 3. The van der Waals surface area contributed by atoms with Crippen LogP contribution in [-0.4, -0.2) is 110 Å². The summed E-state index contributed by atoms with van der Waals surface area (Å²) in [5.74, 6) is -0.231. The summed E-state index contributed by atoms with van der Waals surface area (Å²) in [6.07, 6.45) is 1.06. The number of rotatable bonds is 6. The molecule has 0 aromatic carbocycles.